The number of aromatic nitrogens is 2. The predicted molar refractivity (Wildman–Crippen MR) is 104 cm³/mol. The highest BCUT2D eigenvalue weighted by Crippen LogP contribution is 2.24. The molecule has 0 unspecified atom stereocenters. The lowest BCUT2D eigenvalue weighted by Crippen LogP contribution is -2.22. The molecule has 2 heterocycles. The summed E-state index contributed by atoms with van der Waals surface area (Å²) in [5.41, 5.74) is 1.94. The zero-order chi connectivity index (χ0) is 20.5. The number of terminal acetylenes is 1. The van der Waals surface area contributed by atoms with E-state index < -0.39 is 14.9 Å². The van der Waals surface area contributed by atoms with Crippen LogP contribution in [-0.2, 0) is 10.0 Å². The van der Waals surface area contributed by atoms with E-state index in [1.54, 1.807) is 29.8 Å². The molecule has 3 aromatic rings. The number of benzene rings is 1. The molecular weight excluding hydrogens is 382 g/mol. The maximum atomic E-state index is 12.8. The van der Waals surface area contributed by atoms with Crippen molar-refractivity contribution >= 4 is 27.4 Å². The second-order valence-corrected chi connectivity index (χ2v) is 7.80. The fraction of sp³-hybridized carbons (Fsp3) is 0.111. The molecule has 0 saturated heterocycles. The monoisotopic (exact) mass is 397 g/mol. The van der Waals surface area contributed by atoms with Gasteiger partial charge in [-0.1, -0.05) is 12.0 Å². The molecule has 1 aromatic carbocycles. The van der Waals surface area contributed by atoms with Crippen molar-refractivity contribution < 1.29 is 13.3 Å². The Morgan fingerprint density at radius 1 is 1.36 bits per heavy atom. The topological polar surface area (TPSA) is 110 Å². The first-order valence-corrected chi connectivity index (χ1v) is 9.40. The lowest BCUT2D eigenvalue weighted by molar-refractivity contribution is -0.385. The number of aryl methyl sites for hydroxylation is 1. The van der Waals surface area contributed by atoms with Crippen LogP contribution >= 0.6 is 0 Å². The van der Waals surface area contributed by atoms with Crippen LogP contribution in [-0.4, -0.2) is 40.6 Å². The van der Waals surface area contributed by atoms with E-state index >= 15 is 0 Å². The number of rotatable bonds is 5. The van der Waals surface area contributed by atoms with Gasteiger partial charge in [-0.2, -0.15) is 23.0 Å². The number of hydrogen-bond acceptors (Lipinski definition) is 6. The quantitative estimate of drug-likeness (QED) is 0.284. The minimum absolute atomic E-state index is 0.184. The number of fused-ring (bicyclic) bond motifs is 1. The molecule has 0 amide bonds. The summed E-state index contributed by atoms with van der Waals surface area (Å²) in [5, 5.41) is 19.1. The third-order valence-corrected chi connectivity index (χ3v) is 5.87. The number of hydrazone groups is 1. The van der Waals surface area contributed by atoms with Gasteiger partial charge in [0.05, 0.1) is 27.7 Å². The fourth-order valence-corrected chi connectivity index (χ4v) is 3.72. The average Bonchev–Trinajstić information content (AvgIpc) is 3.08. The molecule has 0 aliphatic rings. The highest BCUT2D eigenvalue weighted by molar-refractivity contribution is 7.89. The summed E-state index contributed by atoms with van der Waals surface area (Å²) < 4.78 is 27.9. The average molecular weight is 397 g/mol. The first-order valence-electron chi connectivity index (χ1n) is 7.96. The molecule has 0 N–H and O–H groups in total. The van der Waals surface area contributed by atoms with Crippen molar-refractivity contribution in [1.82, 2.24) is 14.0 Å². The standard InChI is InChI=1S/C18H15N5O4S/c1-4-14-7-8-22-17(9-14)15(12-20-22)11-19-21(3)28(26,27)18-10-16(23(24)25)6-5-13(18)2/h1,5-12H,2-3H3/b19-11-. The molecule has 0 radical (unpaired) electrons. The SMILES string of the molecule is C#Cc1ccn2ncc(/C=N\N(C)S(=O)(=O)c3cc([N+](=O)[O-])ccc3C)c2c1. The first kappa shape index (κ1) is 19.1. The summed E-state index contributed by atoms with van der Waals surface area (Å²) in [7, 11) is -2.82. The lowest BCUT2D eigenvalue weighted by Gasteiger charge is -2.15. The van der Waals surface area contributed by atoms with E-state index in [0.717, 1.165) is 10.5 Å². The smallest absolute Gasteiger partial charge is 0.258 e. The first-order chi connectivity index (χ1) is 13.2. The Labute approximate surface area is 161 Å². The van der Waals surface area contributed by atoms with Gasteiger partial charge in [0, 0.05) is 36.5 Å². The normalized spacial score (nSPS) is 11.6. The number of nitrogens with zero attached hydrogens (tertiary/aromatic N) is 5. The molecule has 0 aliphatic heterocycles. The Morgan fingerprint density at radius 2 is 2.11 bits per heavy atom. The van der Waals surface area contributed by atoms with Crippen molar-refractivity contribution in [3.05, 3.63) is 69.5 Å². The van der Waals surface area contributed by atoms with Crippen LogP contribution in [0.1, 0.15) is 16.7 Å². The third-order valence-electron chi connectivity index (χ3n) is 4.09. The minimum Gasteiger partial charge on any atom is -0.258 e. The molecule has 28 heavy (non-hydrogen) atoms. The molecule has 3 rings (SSSR count). The van der Waals surface area contributed by atoms with Crippen molar-refractivity contribution in [3.63, 3.8) is 0 Å². The zero-order valence-electron chi connectivity index (χ0n) is 15.0. The fourth-order valence-electron chi connectivity index (χ4n) is 2.52. The molecule has 142 valence electrons. The Kier molecular flexibility index (Phi) is 4.85. The van der Waals surface area contributed by atoms with Crippen LogP contribution in [0.5, 0.6) is 0 Å². The van der Waals surface area contributed by atoms with Gasteiger partial charge in [0.1, 0.15) is 0 Å². The van der Waals surface area contributed by atoms with E-state index in [2.05, 4.69) is 16.1 Å². The van der Waals surface area contributed by atoms with Crippen molar-refractivity contribution in [3.8, 4) is 12.3 Å². The molecule has 0 bridgehead atoms. The largest absolute Gasteiger partial charge is 0.279 e. The second kappa shape index (κ2) is 7.13. The molecular formula is C18H15N5O4S. The molecule has 0 aliphatic carbocycles. The van der Waals surface area contributed by atoms with Crippen LogP contribution < -0.4 is 0 Å². The van der Waals surface area contributed by atoms with Crippen LogP contribution in [0.3, 0.4) is 0 Å². The summed E-state index contributed by atoms with van der Waals surface area (Å²) in [4.78, 5) is 10.1. The van der Waals surface area contributed by atoms with E-state index in [9.17, 15) is 18.5 Å². The van der Waals surface area contributed by atoms with E-state index in [1.165, 1.54) is 31.6 Å². The van der Waals surface area contributed by atoms with Gasteiger partial charge in [0.25, 0.3) is 15.7 Å². The number of sulfonamides is 1. The van der Waals surface area contributed by atoms with Crippen molar-refractivity contribution in [2.45, 2.75) is 11.8 Å². The summed E-state index contributed by atoms with van der Waals surface area (Å²) >= 11 is 0. The predicted octanol–water partition coefficient (Wildman–Crippen LogP) is 2.19. The van der Waals surface area contributed by atoms with E-state index in [4.69, 9.17) is 6.42 Å². The third kappa shape index (κ3) is 3.43. The molecule has 0 fully saturated rings. The van der Waals surface area contributed by atoms with Crippen LogP contribution in [0.2, 0.25) is 0 Å². The molecule has 10 heteroatoms. The Bertz CT molecular complexity index is 1250. The number of non-ortho nitro benzene ring substituents is 1. The van der Waals surface area contributed by atoms with Crippen molar-refractivity contribution in [2.24, 2.45) is 5.10 Å². The Hall–Kier alpha value is -3.71. The van der Waals surface area contributed by atoms with E-state index in [0.29, 0.717) is 22.2 Å². The number of nitro benzene ring substituents is 1. The van der Waals surface area contributed by atoms with E-state index in [1.807, 2.05) is 0 Å². The minimum atomic E-state index is -4.07. The van der Waals surface area contributed by atoms with E-state index in [-0.39, 0.29) is 10.6 Å². The summed E-state index contributed by atoms with van der Waals surface area (Å²) in [6.07, 6.45) is 9.96. The van der Waals surface area contributed by atoms with Gasteiger partial charge in [-0.25, -0.2) is 4.52 Å². The maximum absolute atomic E-state index is 12.8. The van der Waals surface area contributed by atoms with Gasteiger partial charge in [-0.05, 0) is 24.6 Å². The summed E-state index contributed by atoms with van der Waals surface area (Å²) in [5.74, 6) is 2.52. The van der Waals surface area contributed by atoms with Gasteiger partial charge in [-0.3, -0.25) is 10.1 Å². The van der Waals surface area contributed by atoms with Crippen LogP contribution in [0.25, 0.3) is 5.52 Å². The lowest BCUT2D eigenvalue weighted by atomic mass is 10.2. The van der Waals surface area contributed by atoms with Crippen molar-refractivity contribution in [2.75, 3.05) is 7.05 Å². The van der Waals surface area contributed by atoms with Gasteiger partial charge < -0.3 is 0 Å². The summed E-state index contributed by atoms with van der Waals surface area (Å²) in [6.45, 7) is 1.56. The molecule has 0 spiro atoms. The number of nitro groups is 1. The Morgan fingerprint density at radius 3 is 2.79 bits per heavy atom. The number of hydrogen-bond donors (Lipinski definition) is 0. The highest BCUT2D eigenvalue weighted by Gasteiger charge is 2.24. The zero-order valence-corrected chi connectivity index (χ0v) is 15.8. The van der Waals surface area contributed by atoms with Gasteiger partial charge in [-0.15, -0.1) is 6.42 Å². The highest BCUT2D eigenvalue weighted by atomic mass is 32.2. The maximum Gasteiger partial charge on any atom is 0.279 e. The van der Waals surface area contributed by atoms with Gasteiger partial charge in [0.2, 0.25) is 0 Å². The van der Waals surface area contributed by atoms with Crippen LogP contribution in [0, 0.1) is 29.4 Å². The van der Waals surface area contributed by atoms with Crippen LogP contribution in [0.4, 0.5) is 5.69 Å². The second-order valence-electron chi connectivity index (χ2n) is 5.88. The molecule has 0 saturated carbocycles. The molecule has 2 aromatic heterocycles. The van der Waals surface area contributed by atoms with Gasteiger partial charge in [0.15, 0.2) is 0 Å². The molecule has 9 nitrogen and oxygen atoms in total. The Balaban J connectivity index is 1.96. The van der Waals surface area contributed by atoms with Crippen LogP contribution in [0.15, 0.2) is 52.7 Å². The summed E-state index contributed by atoms with van der Waals surface area (Å²) in [6, 6.07) is 7.11. The number of pyridine rings is 1. The van der Waals surface area contributed by atoms with Crippen molar-refractivity contribution in [1.29, 1.82) is 0 Å². The van der Waals surface area contributed by atoms with Gasteiger partial charge >= 0.3 is 0 Å². The molecule has 0 atom stereocenters.